The number of benzene rings is 1. The summed E-state index contributed by atoms with van der Waals surface area (Å²) < 4.78 is 5.35. The van der Waals surface area contributed by atoms with Gasteiger partial charge in [0, 0.05) is 19.2 Å². The summed E-state index contributed by atoms with van der Waals surface area (Å²) in [6.07, 6.45) is 5.40. The zero-order valence-corrected chi connectivity index (χ0v) is 12.2. The van der Waals surface area contributed by atoms with Crippen LogP contribution in [0, 0.1) is 0 Å². The van der Waals surface area contributed by atoms with Gasteiger partial charge >= 0.3 is 0 Å². The van der Waals surface area contributed by atoms with E-state index in [0.29, 0.717) is 0 Å². The molecule has 0 amide bonds. The standard InChI is InChI=1S/C16H20N4O/c1-21-14-8-4-3-7-13(14)19-15-11-16(18-12-17-15)20-9-5-2-6-10-20/h3-4,7-8,11-12H,2,5-6,9-10H2,1H3,(H,17,18,19). The minimum atomic E-state index is 0.787. The molecule has 0 aliphatic carbocycles. The van der Waals surface area contributed by atoms with E-state index in [9.17, 15) is 0 Å². The van der Waals surface area contributed by atoms with Gasteiger partial charge in [-0.3, -0.25) is 0 Å². The van der Waals surface area contributed by atoms with E-state index in [4.69, 9.17) is 4.74 Å². The van der Waals surface area contributed by atoms with Crippen molar-refractivity contribution >= 4 is 17.3 Å². The fourth-order valence-electron chi connectivity index (χ4n) is 2.60. The molecule has 1 fully saturated rings. The van der Waals surface area contributed by atoms with Crippen LogP contribution in [0.2, 0.25) is 0 Å². The van der Waals surface area contributed by atoms with Crippen molar-refractivity contribution < 1.29 is 4.74 Å². The highest BCUT2D eigenvalue weighted by Crippen LogP contribution is 2.27. The van der Waals surface area contributed by atoms with Gasteiger partial charge in [0.05, 0.1) is 12.8 Å². The fraction of sp³-hybridized carbons (Fsp3) is 0.375. The summed E-state index contributed by atoms with van der Waals surface area (Å²) in [5.41, 5.74) is 0.906. The Morgan fingerprint density at radius 1 is 1.10 bits per heavy atom. The van der Waals surface area contributed by atoms with Crippen LogP contribution < -0.4 is 15.0 Å². The highest BCUT2D eigenvalue weighted by Gasteiger charge is 2.13. The predicted octanol–water partition coefficient (Wildman–Crippen LogP) is 3.22. The lowest BCUT2D eigenvalue weighted by Crippen LogP contribution is -2.30. The van der Waals surface area contributed by atoms with E-state index in [-0.39, 0.29) is 0 Å². The highest BCUT2D eigenvalue weighted by atomic mass is 16.5. The Hall–Kier alpha value is -2.30. The molecule has 1 aromatic carbocycles. The van der Waals surface area contributed by atoms with Crippen LogP contribution in [-0.2, 0) is 0 Å². The molecule has 3 rings (SSSR count). The Labute approximate surface area is 125 Å². The van der Waals surface area contributed by atoms with E-state index in [2.05, 4.69) is 20.2 Å². The molecular formula is C16H20N4O. The molecule has 5 heteroatoms. The number of rotatable bonds is 4. The van der Waals surface area contributed by atoms with Crippen LogP contribution in [0.25, 0.3) is 0 Å². The Morgan fingerprint density at radius 3 is 2.71 bits per heavy atom. The molecule has 0 bridgehead atoms. The molecule has 2 aromatic rings. The van der Waals surface area contributed by atoms with E-state index >= 15 is 0 Å². The van der Waals surface area contributed by atoms with E-state index < -0.39 is 0 Å². The monoisotopic (exact) mass is 284 g/mol. The van der Waals surface area contributed by atoms with Crippen LogP contribution in [0.5, 0.6) is 5.75 Å². The molecule has 0 atom stereocenters. The van der Waals surface area contributed by atoms with Crippen LogP contribution in [0.1, 0.15) is 19.3 Å². The lowest BCUT2D eigenvalue weighted by atomic mass is 10.1. The van der Waals surface area contributed by atoms with Crippen molar-refractivity contribution in [2.45, 2.75) is 19.3 Å². The molecule has 1 aliphatic heterocycles. The third-order valence-electron chi connectivity index (χ3n) is 3.70. The van der Waals surface area contributed by atoms with Crippen molar-refractivity contribution in [3.8, 4) is 5.75 Å². The Balaban J connectivity index is 1.79. The molecule has 1 aromatic heterocycles. The molecule has 1 saturated heterocycles. The number of ether oxygens (including phenoxy) is 1. The average Bonchev–Trinajstić information content (AvgIpc) is 2.56. The molecule has 0 spiro atoms. The Bertz CT molecular complexity index is 596. The van der Waals surface area contributed by atoms with Gasteiger partial charge in [0.25, 0.3) is 0 Å². The van der Waals surface area contributed by atoms with E-state index in [1.807, 2.05) is 30.3 Å². The van der Waals surface area contributed by atoms with Crippen LogP contribution in [0.4, 0.5) is 17.3 Å². The number of aromatic nitrogens is 2. The second-order valence-corrected chi connectivity index (χ2v) is 5.13. The number of methoxy groups -OCH3 is 1. The highest BCUT2D eigenvalue weighted by molar-refractivity contribution is 5.65. The lowest BCUT2D eigenvalue weighted by Gasteiger charge is -2.27. The summed E-state index contributed by atoms with van der Waals surface area (Å²) in [7, 11) is 1.67. The molecule has 1 aliphatic rings. The van der Waals surface area contributed by atoms with Crippen molar-refractivity contribution in [1.29, 1.82) is 0 Å². The number of nitrogens with one attached hydrogen (secondary N) is 1. The average molecular weight is 284 g/mol. The summed E-state index contributed by atoms with van der Waals surface area (Å²) in [5, 5.41) is 3.30. The lowest BCUT2D eigenvalue weighted by molar-refractivity contribution is 0.417. The Morgan fingerprint density at radius 2 is 1.90 bits per heavy atom. The maximum Gasteiger partial charge on any atom is 0.142 e. The van der Waals surface area contributed by atoms with Crippen LogP contribution in [0.15, 0.2) is 36.7 Å². The van der Waals surface area contributed by atoms with Gasteiger partial charge in [0.15, 0.2) is 0 Å². The molecule has 21 heavy (non-hydrogen) atoms. The smallest absolute Gasteiger partial charge is 0.142 e. The van der Waals surface area contributed by atoms with Gasteiger partial charge in [-0.2, -0.15) is 0 Å². The Kier molecular flexibility index (Phi) is 4.19. The van der Waals surface area contributed by atoms with Crippen LogP contribution in [-0.4, -0.2) is 30.2 Å². The maximum absolute atomic E-state index is 5.35. The molecule has 0 unspecified atom stereocenters. The molecule has 2 heterocycles. The van der Waals surface area contributed by atoms with Gasteiger partial charge < -0.3 is 15.0 Å². The first-order valence-corrected chi connectivity index (χ1v) is 7.34. The first kappa shape index (κ1) is 13.7. The van der Waals surface area contributed by atoms with Crippen molar-refractivity contribution in [3.63, 3.8) is 0 Å². The predicted molar refractivity (Wildman–Crippen MR) is 84.4 cm³/mol. The summed E-state index contributed by atoms with van der Waals surface area (Å²) in [4.78, 5) is 11.0. The second kappa shape index (κ2) is 6.43. The van der Waals surface area contributed by atoms with Gasteiger partial charge in [-0.25, -0.2) is 9.97 Å². The molecule has 5 nitrogen and oxygen atoms in total. The van der Waals surface area contributed by atoms with Crippen molar-refractivity contribution in [1.82, 2.24) is 9.97 Å². The molecule has 110 valence electrons. The first-order valence-electron chi connectivity index (χ1n) is 7.34. The van der Waals surface area contributed by atoms with E-state index in [0.717, 1.165) is 36.2 Å². The van der Waals surface area contributed by atoms with Crippen molar-refractivity contribution in [2.24, 2.45) is 0 Å². The minimum absolute atomic E-state index is 0.787. The van der Waals surface area contributed by atoms with Crippen LogP contribution >= 0.6 is 0 Å². The third-order valence-corrected chi connectivity index (χ3v) is 3.70. The normalized spacial score (nSPS) is 14.8. The zero-order chi connectivity index (χ0) is 14.5. The first-order chi connectivity index (χ1) is 10.4. The summed E-state index contributed by atoms with van der Waals surface area (Å²) >= 11 is 0. The molecule has 1 N–H and O–H groups in total. The van der Waals surface area contributed by atoms with Gasteiger partial charge in [-0.05, 0) is 31.4 Å². The van der Waals surface area contributed by atoms with Crippen molar-refractivity contribution in [2.75, 3.05) is 30.4 Å². The van der Waals surface area contributed by atoms with Crippen molar-refractivity contribution in [3.05, 3.63) is 36.7 Å². The summed E-state index contributed by atoms with van der Waals surface area (Å²) in [5.74, 6) is 2.58. The van der Waals surface area contributed by atoms with Gasteiger partial charge in [0.1, 0.15) is 23.7 Å². The second-order valence-electron chi connectivity index (χ2n) is 5.13. The number of hydrogen-bond acceptors (Lipinski definition) is 5. The quantitative estimate of drug-likeness (QED) is 0.934. The topological polar surface area (TPSA) is 50.3 Å². The van der Waals surface area contributed by atoms with E-state index in [1.165, 1.54) is 19.3 Å². The van der Waals surface area contributed by atoms with Gasteiger partial charge in [-0.1, -0.05) is 12.1 Å². The van der Waals surface area contributed by atoms with Gasteiger partial charge in [0.2, 0.25) is 0 Å². The van der Waals surface area contributed by atoms with Gasteiger partial charge in [-0.15, -0.1) is 0 Å². The zero-order valence-electron chi connectivity index (χ0n) is 12.2. The third kappa shape index (κ3) is 3.24. The number of hydrogen-bond donors (Lipinski definition) is 1. The molecule has 0 radical (unpaired) electrons. The summed E-state index contributed by atoms with van der Waals surface area (Å²) in [6, 6.07) is 9.81. The number of nitrogens with zero attached hydrogens (tertiary/aromatic N) is 3. The molecule has 0 saturated carbocycles. The number of piperidine rings is 1. The molecular weight excluding hydrogens is 264 g/mol. The summed E-state index contributed by atoms with van der Waals surface area (Å²) in [6.45, 7) is 2.15. The maximum atomic E-state index is 5.35. The number of para-hydroxylation sites is 2. The SMILES string of the molecule is COc1ccccc1Nc1cc(N2CCCCC2)ncn1. The largest absolute Gasteiger partial charge is 0.495 e. The minimum Gasteiger partial charge on any atom is -0.495 e. The van der Waals surface area contributed by atoms with E-state index in [1.54, 1.807) is 13.4 Å². The number of anilines is 3. The fourth-order valence-corrected chi connectivity index (χ4v) is 2.60. The van der Waals surface area contributed by atoms with Crippen LogP contribution in [0.3, 0.4) is 0 Å².